The van der Waals surface area contributed by atoms with Crippen molar-refractivity contribution < 1.29 is 34.1 Å². The lowest BCUT2D eigenvalue weighted by Crippen LogP contribution is -2.48. The lowest BCUT2D eigenvalue weighted by molar-refractivity contribution is -0.127. The molecule has 1 saturated carbocycles. The van der Waals surface area contributed by atoms with Crippen molar-refractivity contribution in [3.8, 4) is 0 Å². The molecule has 1 aromatic heterocycles. The van der Waals surface area contributed by atoms with Crippen molar-refractivity contribution in [3.63, 3.8) is 0 Å². The number of fused-ring (bicyclic) bond motifs is 2. The molecule has 5 rings (SSSR count). The molecule has 0 bridgehead atoms. The Morgan fingerprint density at radius 1 is 1.09 bits per heavy atom. The summed E-state index contributed by atoms with van der Waals surface area (Å²) in [6.07, 6.45) is 3.64. The third-order valence-corrected chi connectivity index (χ3v) is 6.58. The van der Waals surface area contributed by atoms with E-state index in [1.54, 1.807) is 4.68 Å². The molecule has 3 fully saturated rings. The number of hydrogen-bond acceptors (Lipinski definition) is 7. The molecule has 11 nitrogen and oxygen atoms in total. The van der Waals surface area contributed by atoms with E-state index in [0.29, 0.717) is 6.61 Å². The van der Waals surface area contributed by atoms with Gasteiger partial charge in [-0.3, -0.25) is 19.1 Å². The number of carboxylic acid groups (broad SMARTS) is 1. The highest BCUT2D eigenvalue weighted by Crippen LogP contribution is 2.29. The first-order chi connectivity index (χ1) is 16.5. The average molecular weight is 475 g/mol. The maximum atomic E-state index is 12.7. The van der Waals surface area contributed by atoms with E-state index in [-0.39, 0.29) is 61.6 Å². The van der Waals surface area contributed by atoms with E-state index in [9.17, 15) is 14.7 Å². The van der Waals surface area contributed by atoms with Crippen LogP contribution >= 0.6 is 0 Å². The predicted molar refractivity (Wildman–Crippen MR) is 120 cm³/mol. The number of hydrogen-bond donors (Lipinski definition) is 4. The van der Waals surface area contributed by atoms with Gasteiger partial charge in [0.15, 0.2) is 0 Å². The standard InChI is InChI=1S/C22H28N4O5.CH2O2/c27-18-12-31-20-17(11-30-21(18)20)24-22(29)13-5-7-15(8-6-13)23-19(28)10-26-9-14-3-1-2-4-16(14)25-26;2-1-3/h1-4,9,13,15,17-18,20-21,27H,5-8,10-12H2,(H,23,28)(H,24,29);1H,(H,2,3)/t13?,15?,17-,18-,20+,21+;/m0./s1. The van der Waals surface area contributed by atoms with Crippen molar-refractivity contribution in [1.29, 1.82) is 0 Å². The van der Waals surface area contributed by atoms with E-state index in [1.165, 1.54) is 0 Å². The average Bonchev–Trinajstić information content (AvgIpc) is 3.51. The molecule has 0 spiro atoms. The second-order valence-electron chi connectivity index (χ2n) is 8.89. The number of nitrogens with zero attached hydrogens (tertiary/aromatic N) is 2. The van der Waals surface area contributed by atoms with Gasteiger partial charge >= 0.3 is 0 Å². The fraction of sp³-hybridized carbons (Fsp3) is 0.565. The summed E-state index contributed by atoms with van der Waals surface area (Å²) in [5, 5.41) is 28.3. The van der Waals surface area contributed by atoms with Crippen LogP contribution in [0, 0.1) is 5.92 Å². The Balaban J connectivity index is 0.000000868. The molecule has 1 aromatic carbocycles. The van der Waals surface area contributed by atoms with Crippen molar-refractivity contribution >= 4 is 29.2 Å². The smallest absolute Gasteiger partial charge is 0.290 e. The van der Waals surface area contributed by atoms with E-state index in [1.807, 2.05) is 30.5 Å². The fourth-order valence-corrected chi connectivity index (χ4v) is 4.92. The van der Waals surface area contributed by atoms with Gasteiger partial charge in [-0.2, -0.15) is 5.10 Å². The van der Waals surface area contributed by atoms with Crippen molar-refractivity contribution in [1.82, 2.24) is 20.4 Å². The van der Waals surface area contributed by atoms with Crippen molar-refractivity contribution in [3.05, 3.63) is 30.5 Å². The van der Waals surface area contributed by atoms with Gasteiger partial charge in [-0.05, 0) is 31.7 Å². The lowest BCUT2D eigenvalue weighted by atomic mass is 9.85. The summed E-state index contributed by atoms with van der Waals surface area (Å²) in [6, 6.07) is 7.64. The highest BCUT2D eigenvalue weighted by atomic mass is 16.6. The number of rotatable bonds is 5. The zero-order chi connectivity index (χ0) is 24.1. The molecule has 3 heterocycles. The first-order valence-electron chi connectivity index (χ1n) is 11.5. The SMILES string of the molecule is O=C(Cn1cc2ccccc2n1)NC1CCC(C(=O)N[C@H]2CO[C@H]3[C@@H]2OC[C@@H]3O)CC1.O=CO. The lowest BCUT2D eigenvalue weighted by Gasteiger charge is -2.29. The molecule has 11 heteroatoms. The second kappa shape index (κ2) is 10.9. The summed E-state index contributed by atoms with van der Waals surface area (Å²) >= 11 is 0. The predicted octanol–water partition coefficient (Wildman–Crippen LogP) is 0.0554. The highest BCUT2D eigenvalue weighted by Gasteiger charge is 2.48. The molecule has 3 aliphatic rings. The molecule has 4 N–H and O–H groups in total. The molecule has 0 radical (unpaired) electrons. The molecule has 184 valence electrons. The topological polar surface area (TPSA) is 152 Å². The van der Waals surface area contributed by atoms with Gasteiger partial charge < -0.3 is 30.3 Å². The van der Waals surface area contributed by atoms with Crippen LogP contribution in [-0.2, 0) is 30.4 Å². The number of aliphatic hydroxyl groups excluding tert-OH is 1. The Labute approximate surface area is 196 Å². The Morgan fingerprint density at radius 2 is 1.79 bits per heavy atom. The number of amides is 2. The molecule has 2 aromatic rings. The van der Waals surface area contributed by atoms with Crippen molar-refractivity contribution in [2.75, 3.05) is 13.2 Å². The van der Waals surface area contributed by atoms with Gasteiger partial charge in [0.05, 0.1) is 24.8 Å². The minimum absolute atomic E-state index is 0.00671. The molecule has 0 unspecified atom stereocenters. The number of benzene rings is 1. The first-order valence-corrected chi connectivity index (χ1v) is 11.5. The van der Waals surface area contributed by atoms with Crippen LogP contribution < -0.4 is 10.6 Å². The fourth-order valence-electron chi connectivity index (χ4n) is 4.92. The molecule has 4 atom stereocenters. The maximum Gasteiger partial charge on any atom is 0.290 e. The van der Waals surface area contributed by atoms with E-state index in [0.717, 1.165) is 36.6 Å². The number of nitrogens with one attached hydrogen (secondary N) is 2. The van der Waals surface area contributed by atoms with Gasteiger partial charge in [0.2, 0.25) is 11.8 Å². The van der Waals surface area contributed by atoms with Crippen molar-refractivity contribution in [2.45, 2.75) is 62.6 Å². The van der Waals surface area contributed by atoms with Crippen LogP contribution in [0.25, 0.3) is 10.9 Å². The quantitative estimate of drug-likeness (QED) is 0.444. The van der Waals surface area contributed by atoms with Crippen LogP contribution in [0.3, 0.4) is 0 Å². The Bertz CT molecular complexity index is 971. The molecular weight excluding hydrogens is 444 g/mol. The summed E-state index contributed by atoms with van der Waals surface area (Å²) in [7, 11) is 0. The van der Waals surface area contributed by atoms with E-state index in [2.05, 4.69) is 15.7 Å². The molecule has 2 saturated heterocycles. The second-order valence-corrected chi connectivity index (χ2v) is 8.89. The molecule has 2 aliphatic heterocycles. The first kappa shape index (κ1) is 24.1. The zero-order valence-corrected chi connectivity index (χ0v) is 18.7. The third kappa shape index (κ3) is 5.54. The number of ether oxygens (including phenoxy) is 2. The summed E-state index contributed by atoms with van der Waals surface area (Å²) < 4.78 is 12.8. The summed E-state index contributed by atoms with van der Waals surface area (Å²) in [6.45, 7) is 0.554. The van der Waals surface area contributed by atoms with Crippen LogP contribution in [0.15, 0.2) is 30.5 Å². The van der Waals surface area contributed by atoms with E-state index in [4.69, 9.17) is 19.4 Å². The Morgan fingerprint density at radius 3 is 2.53 bits per heavy atom. The number of carbonyl (C=O) groups is 3. The molecular formula is C23H30N4O7. The van der Waals surface area contributed by atoms with Crippen LogP contribution in [-0.4, -0.2) is 81.9 Å². The summed E-state index contributed by atoms with van der Waals surface area (Å²) in [5.74, 6) is -0.131. The van der Waals surface area contributed by atoms with Gasteiger partial charge in [0, 0.05) is 23.5 Å². The minimum atomic E-state index is -0.619. The normalized spacial score (nSPS) is 30.1. The molecule has 2 amide bonds. The molecule has 34 heavy (non-hydrogen) atoms. The summed E-state index contributed by atoms with van der Waals surface area (Å²) in [5.41, 5.74) is 0.873. The van der Waals surface area contributed by atoms with Crippen LogP contribution in [0.2, 0.25) is 0 Å². The summed E-state index contributed by atoms with van der Waals surface area (Å²) in [4.78, 5) is 33.5. The van der Waals surface area contributed by atoms with Gasteiger partial charge in [-0.1, -0.05) is 18.2 Å². The van der Waals surface area contributed by atoms with Gasteiger partial charge in [0.1, 0.15) is 24.9 Å². The van der Waals surface area contributed by atoms with Crippen LogP contribution in [0.1, 0.15) is 25.7 Å². The van der Waals surface area contributed by atoms with Gasteiger partial charge in [-0.25, -0.2) is 0 Å². The van der Waals surface area contributed by atoms with E-state index < -0.39 is 6.10 Å². The Kier molecular flexibility index (Phi) is 7.76. The highest BCUT2D eigenvalue weighted by molar-refractivity contribution is 5.80. The largest absolute Gasteiger partial charge is 0.483 e. The molecule has 1 aliphatic carbocycles. The van der Waals surface area contributed by atoms with E-state index >= 15 is 0 Å². The third-order valence-electron chi connectivity index (χ3n) is 6.58. The van der Waals surface area contributed by atoms with Crippen molar-refractivity contribution in [2.24, 2.45) is 5.92 Å². The van der Waals surface area contributed by atoms with Crippen LogP contribution in [0.4, 0.5) is 0 Å². The maximum absolute atomic E-state index is 12.7. The van der Waals surface area contributed by atoms with Gasteiger partial charge in [0.25, 0.3) is 6.47 Å². The van der Waals surface area contributed by atoms with Gasteiger partial charge in [-0.15, -0.1) is 0 Å². The Hall–Kier alpha value is -3.02. The van der Waals surface area contributed by atoms with Crippen LogP contribution in [0.5, 0.6) is 0 Å². The number of carbonyl (C=O) groups excluding carboxylic acids is 2. The zero-order valence-electron chi connectivity index (χ0n) is 18.7. The monoisotopic (exact) mass is 474 g/mol. The number of aliphatic hydroxyl groups is 1. The minimum Gasteiger partial charge on any atom is -0.483 e. The number of aromatic nitrogens is 2.